The number of hydrogen-bond donors (Lipinski definition) is 2. The number of carbonyl (C=O) groups is 2. The van der Waals surface area contributed by atoms with Gasteiger partial charge in [0.05, 0.1) is 5.56 Å². The third-order valence-electron chi connectivity index (χ3n) is 2.69. The van der Waals surface area contributed by atoms with Crippen molar-refractivity contribution in [2.75, 3.05) is 0 Å². The maximum atomic E-state index is 11.8. The molecule has 2 N–H and O–H groups in total. The number of carbonyl (C=O) groups excluding carboxylic acids is 1. The zero-order chi connectivity index (χ0) is 12.8. The Kier molecular flexibility index (Phi) is 4.63. The Morgan fingerprint density at radius 2 is 2.24 bits per heavy atom. The summed E-state index contributed by atoms with van der Waals surface area (Å²) in [6.45, 7) is 3.68. The van der Waals surface area contributed by atoms with Crippen LogP contribution in [0.15, 0.2) is 24.5 Å². The Hall–Kier alpha value is -1.91. The number of nitrogens with one attached hydrogen (secondary N) is 1. The molecular weight excluding hydrogens is 220 g/mol. The SMILES string of the molecule is CC[C@@H](C)[C@@H](NC(=O)c1cccnc1)C(=O)O. The molecule has 1 amide bonds. The van der Waals surface area contributed by atoms with Gasteiger partial charge >= 0.3 is 5.97 Å². The number of amides is 1. The summed E-state index contributed by atoms with van der Waals surface area (Å²) in [6.07, 6.45) is 3.65. The molecule has 17 heavy (non-hydrogen) atoms. The molecule has 1 heterocycles. The summed E-state index contributed by atoms with van der Waals surface area (Å²) in [6, 6.07) is 2.36. The number of hydrogen-bond acceptors (Lipinski definition) is 3. The summed E-state index contributed by atoms with van der Waals surface area (Å²) in [5.41, 5.74) is 0.363. The largest absolute Gasteiger partial charge is 0.480 e. The van der Waals surface area contributed by atoms with E-state index in [1.165, 1.54) is 6.20 Å². The Bertz CT molecular complexity index is 392. The first-order valence-electron chi connectivity index (χ1n) is 5.50. The Balaban J connectivity index is 2.75. The fraction of sp³-hybridized carbons (Fsp3) is 0.417. The van der Waals surface area contributed by atoms with Crippen LogP contribution >= 0.6 is 0 Å². The van der Waals surface area contributed by atoms with E-state index in [4.69, 9.17) is 5.11 Å². The molecule has 0 fully saturated rings. The second kappa shape index (κ2) is 5.98. The van der Waals surface area contributed by atoms with Gasteiger partial charge in [-0.1, -0.05) is 20.3 Å². The van der Waals surface area contributed by atoms with Crippen molar-refractivity contribution in [1.29, 1.82) is 0 Å². The third-order valence-corrected chi connectivity index (χ3v) is 2.69. The van der Waals surface area contributed by atoms with E-state index in [9.17, 15) is 9.59 Å². The van der Waals surface area contributed by atoms with Crippen LogP contribution in [0.25, 0.3) is 0 Å². The number of pyridine rings is 1. The monoisotopic (exact) mass is 236 g/mol. The van der Waals surface area contributed by atoms with E-state index in [0.717, 1.165) is 0 Å². The summed E-state index contributed by atoms with van der Waals surface area (Å²) < 4.78 is 0. The molecule has 2 atom stereocenters. The zero-order valence-corrected chi connectivity index (χ0v) is 9.88. The molecule has 0 aliphatic heterocycles. The summed E-state index contributed by atoms with van der Waals surface area (Å²) in [5, 5.41) is 11.5. The van der Waals surface area contributed by atoms with Crippen LogP contribution in [0.1, 0.15) is 30.6 Å². The van der Waals surface area contributed by atoms with Crippen molar-refractivity contribution in [1.82, 2.24) is 10.3 Å². The molecule has 1 aromatic heterocycles. The Morgan fingerprint density at radius 3 is 2.71 bits per heavy atom. The van der Waals surface area contributed by atoms with Crippen molar-refractivity contribution in [2.24, 2.45) is 5.92 Å². The fourth-order valence-corrected chi connectivity index (χ4v) is 1.40. The lowest BCUT2D eigenvalue weighted by atomic mass is 9.99. The van der Waals surface area contributed by atoms with E-state index >= 15 is 0 Å². The number of carboxylic acid groups (broad SMARTS) is 1. The summed E-state index contributed by atoms with van der Waals surface area (Å²) in [7, 11) is 0. The zero-order valence-electron chi connectivity index (χ0n) is 9.88. The van der Waals surface area contributed by atoms with Gasteiger partial charge in [0.25, 0.3) is 5.91 Å². The quantitative estimate of drug-likeness (QED) is 0.807. The van der Waals surface area contributed by atoms with Gasteiger partial charge in [0.15, 0.2) is 0 Å². The maximum Gasteiger partial charge on any atom is 0.326 e. The summed E-state index contributed by atoms with van der Waals surface area (Å²) >= 11 is 0. The van der Waals surface area contributed by atoms with Gasteiger partial charge in [0.2, 0.25) is 0 Å². The topological polar surface area (TPSA) is 79.3 Å². The Labute approximate surface area is 99.9 Å². The van der Waals surface area contributed by atoms with Crippen molar-refractivity contribution < 1.29 is 14.7 Å². The Morgan fingerprint density at radius 1 is 1.53 bits per heavy atom. The molecule has 0 bridgehead atoms. The van der Waals surface area contributed by atoms with E-state index < -0.39 is 17.9 Å². The van der Waals surface area contributed by atoms with Crippen LogP contribution in [0.3, 0.4) is 0 Å². The highest BCUT2D eigenvalue weighted by Gasteiger charge is 2.25. The minimum atomic E-state index is -1.02. The van der Waals surface area contributed by atoms with Crippen LogP contribution in [-0.2, 0) is 4.79 Å². The highest BCUT2D eigenvalue weighted by molar-refractivity contribution is 5.96. The van der Waals surface area contributed by atoms with E-state index in [2.05, 4.69) is 10.3 Å². The minimum absolute atomic E-state index is 0.117. The maximum absolute atomic E-state index is 11.8. The molecule has 92 valence electrons. The van der Waals surface area contributed by atoms with Crippen LogP contribution in [0.5, 0.6) is 0 Å². The summed E-state index contributed by atoms with van der Waals surface area (Å²) in [5.74, 6) is -1.55. The molecule has 0 spiro atoms. The molecule has 0 saturated heterocycles. The number of nitrogens with zero attached hydrogens (tertiary/aromatic N) is 1. The average molecular weight is 236 g/mol. The predicted octanol–water partition coefficient (Wildman–Crippen LogP) is 1.31. The summed E-state index contributed by atoms with van der Waals surface area (Å²) in [4.78, 5) is 26.6. The smallest absolute Gasteiger partial charge is 0.326 e. The minimum Gasteiger partial charge on any atom is -0.480 e. The highest BCUT2D eigenvalue weighted by Crippen LogP contribution is 2.09. The normalized spacial score (nSPS) is 13.8. The van der Waals surface area contributed by atoms with Crippen molar-refractivity contribution in [3.05, 3.63) is 30.1 Å². The van der Waals surface area contributed by atoms with Gasteiger partial charge in [-0.05, 0) is 18.1 Å². The van der Waals surface area contributed by atoms with E-state index in [1.807, 2.05) is 6.92 Å². The van der Waals surface area contributed by atoms with Gasteiger partial charge in [-0.25, -0.2) is 4.79 Å². The first-order valence-corrected chi connectivity index (χ1v) is 5.50. The van der Waals surface area contributed by atoms with Crippen molar-refractivity contribution >= 4 is 11.9 Å². The van der Waals surface area contributed by atoms with Crippen LogP contribution in [0, 0.1) is 5.92 Å². The lowest BCUT2D eigenvalue weighted by molar-refractivity contribution is -0.140. The lowest BCUT2D eigenvalue weighted by Gasteiger charge is -2.19. The first kappa shape index (κ1) is 13.2. The molecule has 0 aromatic carbocycles. The molecular formula is C12H16N2O3. The predicted molar refractivity (Wildman–Crippen MR) is 62.6 cm³/mol. The van der Waals surface area contributed by atoms with Gasteiger partial charge in [-0.3, -0.25) is 9.78 Å². The molecule has 5 nitrogen and oxygen atoms in total. The molecule has 0 aliphatic carbocycles. The fourth-order valence-electron chi connectivity index (χ4n) is 1.40. The van der Waals surface area contributed by atoms with E-state index in [1.54, 1.807) is 25.3 Å². The molecule has 5 heteroatoms. The van der Waals surface area contributed by atoms with Crippen LogP contribution in [0.2, 0.25) is 0 Å². The first-order chi connectivity index (χ1) is 8.06. The van der Waals surface area contributed by atoms with Crippen LogP contribution in [0.4, 0.5) is 0 Å². The van der Waals surface area contributed by atoms with Gasteiger partial charge in [-0.15, -0.1) is 0 Å². The van der Waals surface area contributed by atoms with Gasteiger partial charge in [-0.2, -0.15) is 0 Å². The van der Waals surface area contributed by atoms with Gasteiger partial charge in [0, 0.05) is 12.4 Å². The number of aliphatic carboxylic acids is 1. The molecule has 0 radical (unpaired) electrons. The van der Waals surface area contributed by atoms with Crippen molar-refractivity contribution in [3.63, 3.8) is 0 Å². The molecule has 0 aliphatic rings. The molecule has 0 unspecified atom stereocenters. The van der Waals surface area contributed by atoms with Crippen LogP contribution in [-0.4, -0.2) is 28.0 Å². The van der Waals surface area contributed by atoms with E-state index in [-0.39, 0.29) is 5.92 Å². The standard InChI is InChI=1S/C12H16N2O3/c1-3-8(2)10(12(16)17)14-11(15)9-5-4-6-13-7-9/h4-8,10H,3H2,1-2H3,(H,14,15)(H,16,17)/t8-,10-/m1/s1. The molecule has 0 saturated carbocycles. The highest BCUT2D eigenvalue weighted by atomic mass is 16.4. The number of rotatable bonds is 5. The number of aromatic nitrogens is 1. The second-order valence-electron chi connectivity index (χ2n) is 3.92. The van der Waals surface area contributed by atoms with Crippen molar-refractivity contribution in [2.45, 2.75) is 26.3 Å². The molecule has 1 rings (SSSR count). The van der Waals surface area contributed by atoms with E-state index in [0.29, 0.717) is 12.0 Å². The molecule has 1 aromatic rings. The lowest BCUT2D eigenvalue weighted by Crippen LogP contribution is -2.45. The van der Waals surface area contributed by atoms with Gasteiger partial charge < -0.3 is 10.4 Å². The number of carboxylic acids is 1. The van der Waals surface area contributed by atoms with Crippen LogP contribution < -0.4 is 5.32 Å². The second-order valence-corrected chi connectivity index (χ2v) is 3.92. The van der Waals surface area contributed by atoms with Gasteiger partial charge in [0.1, 0.15) is 6.04 Å². The average Bonchev–Trinajstić information content (AvgIpc) is 2.35. The third kappa shape index (κ3) is 3.55. The van der Waals surface area contributed by atoms with Crippen molar-refractivity contribution in [3.8, 4) is 0 Å².